The van der Waals surface area contributed by atoms with Gasteiger partial charge in [-0.05, 0) is 59.2 Å². The standard InChI is InChI=1S/C32H33N3O5/c1-20(2)29(30(37)33-27-11-7-10-24-16-25(17-26(24)27)32(38)39-3)22-14-12-21(13-15-22)18-35-28(36)19-40-31(34-35)23-8-5-4-6-9-23/h4-15,20,25,29H,16-19H2,1-3H3,(H,33,37). The van der Waals surface area contributed by atoms with Crippen molar-refractivity contribution in [3.8, 4) is 0 Å². The fraction of sp³-hybridized carbons (Fsp3) is 0.312. The van der Waals surface area contributed by atoms with Crippen molar-refractivity contribution in [1.29, 1.82) is 0 Å². The number of amides is 2. The van der Waals surface area contributed by atoms with Crippen molar-refractivity contribution in [2.24, 2.45) is 16.9 Å². The zero-order valence-corrected chi connectivity index (χ0v) is 22.9. The van der Waals surface area contributed by atoms with Gasteiger partial charge in [-0.3, -0.25) is 14.4 Å². The Morgan fingerprint density at radius 2 is 1.77 bits per heavy atom. The minimum atomic E-state index is -0.379. The smallest absolute Gasteiger partial charge is 0.309 e. The Kier molecular flexibility index (Phi) is 7.96. The van der Waals surface area contributed by atoms with Gasteiger partial charge in [-0.2, -0.15) is 0 Å². The van der Waals surface area contributed by atoms with Gasteiger partial charge in [0.25, 0.3) is 5.91 Å². The summed E-state index contributed by atoms with van der Waals surface area (Å²) in [4.78, 5) is 38.1. The first-order chi connectivity index (χ1) is 19.3. The van der Waals surface area contributed by atoms with E-state index in [1.54, 1.807) is 0 Å². The van der Waals surface area contributed by atoms with Crippen LogP contribution in [0, 0.1) is 11.8 Å². The van der Waals surface area contributed by atoms with Gasteiger partial charge >= 0.3 is 5.97 Å². The highest BCUT2D eigenvalue weighted by atomic mass is 16.5. The number of esters is 1. The van der Waals surface area contributed by atoms with Gasteiger partial charge in [0.1, 0.15) is 0 Å². The number of ether oxygens (including phenoxy) is 2. The first-order valence-corrected chi connectivity index (χ1v) is 13.5. The molecular weight excluding hydrogens is 506 g/mol. The Bertz CT molecular complexity index is 1430. The molecule has 0 aromatic heterocycles. The van der Waals surface area contributed by atoms with Gasteiger partial charge < -0.3 is 14.8 Å². The predicted octanol–water partition coefficient (Wildman–Crippen LogP) is 4.67. The minimum Gasteiger partial charge on any atom is -0.469 e. The maximum atomic E-state index is 13.6. The molecule has 8 nitrogen and oxygen atoms in total. The van der Waals surface area contributed by atoms with Gasteiger partial charge in [-0.15, -0.1) is 5.10 Å². The second-order valence-electron chi connectivity index (χ2n) is 10.5. The van der Waals surface area contributed by atoms with E-state index in [-0.39, 0.29) is 42.1 Å². The molecule has 1 N–H and O–H groups in total. The number of methoxy groups -OCH3 is 1. The van der Waals surface area contributed by atoms with Crippen molar-refractivity contribution in [1.82, 2.24) is 5.01 Å². The SMILES string of the molecule is COC(=O)C1Cc2cccc(NC(=O)C(c3ccc(CN4N=C(c5ccccc5)OCC4=O)cc3)C(C)C)c2C1. The van der Waals surface area contributed by atoms with E-state index >= 15 is 0 Å². The van der Waals surface area contributed by atoms with E-state index in [1.165, 1.54) is 12.1 Å². The highest BCUT2D eigenvalue weighted by Crippen LogP contribution is 2.34. The molecule has 0 fully saturated rings. The molecule has 40 heavy (non-hydrogen) atoms. The van der Waals surface area contributed by atoms with E-state index in [9.17, 15) is 14.4 Å². The van der Waals surface area contributed by atoms with Crippen LogP contribution >= 0.6 is 0 Å². The highest BCUT2D eigenvalue weighted by Gasteiger charge is 2.31. The number of hydrogen-bond acceptors (Lipinski definition) is 6. The fourth-order valence-corrected chi connectivity index (χ4v) is 5.40. The van der Waals surface area contributed by atoms with Crippen molar-refractivity contribution >= 4 is 29.4 Å². The molecule has 2 amide bonds. The van der Waals surface area contributed by atoms with Crippen LogP contribution in [0.25, 0.3) is 0 Å². The lowest BCUT2D eigenvalue weighted by Gasteiger charge is -2.24. The van der Waals surface area contributed by atoms with Gasteiger partial charge in [-0.25, -0.2) is 5.01 Å². The minimum absolute atomic E-state index is 0.0456. The zero-order valence-electron chi connectivity index (χ0n) is 22.9. The average Bonchev–Trinajstić information content (AvgIpc) is 3.41. The Balaban J connectivity index is 1.30. The lowest BCUT2D eigenvalue weighted by molar-refractivity contribution is -0.145. The highest BCUT2D eigenvalue weighted by molar-refractivity contribution is 5.98. The van der Waals surface area contributed by atoms with Crippen molar-refractivity contribution in [3.63, 3.8) is 0 Å². The first kappa shape index (κ1) is 27.1. The van der Waals surface area contributed by atoms with E-state index < -0.39 is 0 Å². The molecule has 3 aromatic carbocycles. The Morgan fingerprint density at radius 1 is 1.02 bits per heavy atom. The summed E-state index contributed by atoms with van der Waals surface area (Å²) in [6.07, 6.45) is 1.16. The summed E-state index contributed by atoms with van der Waals surface area (Å²) >= 11 is 0. The van der Waals surface area contributed by atoms with E-state index in [2.05, 4.69) is 10.4 Å². The van der Waals surface area contributed by atoms with Gasteiger partial charge in [0.2, 0.25) is 11.8 Å². The molecule has 2 unspecified atom stereocenters. The molecule has 0 saturated heterocycles. The molecule has 206 valence electrons. The molecule has 0 saturated carbocycles. The monoisotopic (exact) mass is 539 g/mol. The molecule has 2 aliphatic rings. The number of nitrogens with one attached hydrogen (secondary N) is 1. The number of carbonyl (C=O) groups excluding carboxylic acids is 3. The Hall–Kier alpha value is -4.46. The predicted molar refractivity (Wildman–Crippen MR) is 151 cm³/mol. The largest absolute Gasteiger partial charge is 0.469 e. The van der Waals surface area contributed by atoms with Crippen LogP contribution in [0.4, 0.5) is 5.69 Å². The second-order valence-corrected chi connectivity index (χ2v) is 10.5. The van der Waals surface area contributed by atoms with Crippen molar-refractivity contribution in [3.05, 3.63) is 101 Å². The Morgan fingerprint density at radius 3 is 2.48 bits per heavy atom. The summed E-state index contributed by atoms with van der Waals surface area (Å²) in [5.74, 6) is -0.683. The molecule has 5 rings (SSSR count). The molecule has 0 bridgehead atoms. The van der Waals surface area contributed by atoms with Crippen molar-refractivity contribution in [2.45, 2.75) is 39.2 Å². The van der Waals surface area contributed by atoms with Crippen LogP contribution in [0.5, 0.6) is 0 Å². The van der Waals surface area contributed by atoms with Gasteiger partial charge in [0, 0.05) is 11.3 Å². The van der Waals surface area contributed by atoms with E-state index in [0.29, 0.717) is 25.3 Å². The molecule has 1 aliphatic carbocycles. The average molecular weight is 540 g/mol. The maximum absolute atomic E-state index is 13.6. The van der Waals surface area contributed by atoms with Gasteiger partial charge in [0.05, 0.1) is 25.5 Å². The molecule has 3 aromatic rings. The quantitative estimate of drug-likeness (QED) is 0.420. The molecule has 1 aliphatic heterocycles. The normalized spacial score (nSPS) is 17.1. The summed E-state index contributed by atoms with van der Waals surface area (Å²) in [5, 5.41) is 8.98. The third-order valence-corrected chi connectivity index (χ3v) is 7.46. The van der Waals surface area contributed by atoms with Crippen LogP contribution in [0.3, 0.4) is 0 Å². The topological polar surface area (TPSA) is 97.3 Å². The van der Waals surface area contributed by atoms with Crippen LogP contribution in [-0.2, 0) is 43.2 Å². The van der Waals surface area contributed by atoms with E-state index in [1.807, 2.05) is 86.6 Å². The molecule has 0 spiro atoms. The van der Waals surface area contributed by atoms with Crippen LogP contribution in [-0.4, -0.2) is 42.4 Å². The Labute approximate surface area is 234 Å². The molecule has 8 heteroatoms. The number of carbonyl (C=O) groups is 3. The summed E-state index contributed by atoms with van der Waals surface area (Å²) in [7, 11) is 1.40. The summed E-state index contributed by atoms with van der Waals surface area (Å²) in [5.41, 5.74) is 5.40. The van der Waals surface area contributed by atoms with Crippen molar-refractivity contribution in [2.75, 3.05) is 19.0 Å². The zero-order chi connectivity index (χ0) is 28.2. The van der Waals surface area contributed by atoms with E-state index in [4.69, 9.17) is 9.47 Å². The van der Waals surface area contributed by atoms with Crippen molar-refractivity contribution < 1.29 is 23.9 Å². The van der Waals surface area contributed by atoms with Gasteiger partial charge in [0.15, 0.2) is 6.61 Å². The third-order valence-electron chi connectivity index (χ3n) is 7.46. The molecule has 0 radical (unpaired) electrons. The maximum Gasteiger partial charge on any atom is 0.309 e. The second kappa shape index (κ2) is 11.7. The van der Waals surface area contributed by atoms with Crippen LogP contribution in [0.2, 0.25) is 0 Å². The van der Waals surface area contributed by atoms with E-state index in [0.717, 1.165) is 33.5 Å². The number of fused-ring (bicyclic) bond motifs is 1. The third kappa shape index (κ3) is 5.76. The molecular formula is C32H33N3O5. The van der Waals surface area contributed by atoms with Crippen LogP contribution < -0.4 is 5.32 Å². The fourth-order valence-electron chi connectivity index (χ4n) is 5.40. The summed E-state index contributed by atoms with van der Waals surface area (Å²) in [6, 6.07) is 23.0. The summed E-state index contributed by atoms with van der Waals surface area (Å²) in [6.45, 7) is 4.28. The van der Waals surface area contributed by atoms with Crippen LogP contribution in [0.1, 0.15) is 47.6 Å². The molecule has 2 atom stereocenters. The summed E-state index contributed by atoms with van der Waals surface area (Å²) < 4.78 is 10.5. The number of rotatable bonds is 8. The number of nitrogens with zero attached hydrogens (tertiary/aromatic N) is 2. The number of hydrogen-bond donors (Lipinski definition) is 1. The number of benzene rings is 3. The van der Waals surface area contributed by atoms with Crippen LogP contribution in [0.15, 0.2) is 77.9 Å². The lowest BCUT2D eigenvalue weighted by atomic mass is 9.87. The number of anilines is 1. The lowest BCUT2D eigenvalue weighted by Crippen LogP contribution is -2.36. The first-order valence-electron chi connectivity index (χ1n) is 13.5. The molecule has 1 heterocycles. The van der Waals surface area contributed by atoms with Gasteiger partial charge in [-0.1, -0.05) is 68.4 Å². The number of hydrazone groups is 1.